The second kappa shape index (κ2) is 4.49. The molecule has 1 aliphatic heterocycles. The molecule has 1 heterocycles. The summed E-state index contributed by atoms with van der Waals surface area (Å²) < 4.78 is 0. The van der Waals surface area contributed by atoms with E-state index in [1.807, 2.05) is 13.8 Å². The van der Waals surface area contributed by atoms with E-state index < -0.39 is 5.41 Å². The lowest BCUT2D eigenvalue weighted by Gasteiger charge is -2.34. The predicted molar refractivity (Wildman–Crippen MR) is 68.4 cm³/mol. The van der Waals surface area contributed by atoms with Crippen molar-refractivity contribution in [3.05, 3.63) is 35.4 Å². The zero-order valence-corrected chi connectivity index (χ0v) is 10.6. The highest BCUT2D eigenvalue weighted by Gasteiger charge is 2.29. The SMILES string of the molecule is CC(C)(CN1CCc2ccccc2C1)C(N)=O. The van der Waals surface area contributed by atoms with Gasteiger partial charge < -0.3 is 5.73 Å². The third kappa shape index (κ3) is 2.67. The highest BCUT2D eigenvalue weighted by Crippen LogP contribution is 2.23. The van der Waals surface area contributed by atoms with Crippen molar-refractivity contribution >= 4 is 5.91 Å². The summed E-state index contributed by atoms with van der Waals surface area (Å²) in [5.41, 5.74) is 7.77. The fourth-order valence-corrected chi connectivity index (χ4v) is 2.33. The van der Waals surface area contributed by atoms with E-state index in [4.69, 9.17) is 5.73 Å². The van der Waals surface area contributed by atoms with Crippen LogP contribution in [-0.4, -0.2) is 23.9 Å². The Balaban J connectivity index is 2.06. The molecule has 0 radical (unpaired) electrons. The van der Waals surface area contributed by atoms with Gasteiger partial charge in [0.05, 0.1) is 5.41 Å². The van der Waals surface area contributed by atoms with Crippen molar-refractivity contribution in [3.8, 4) is 0 Å². The number of hydrogen-bond acceptors (Lipinski definition) is 2. The average Bonchev–Trinajstić information content (AvgIpc) is 2.28. The van der Waals surface area contributed by atoms with E-state index in [2.05, 4.69) is 29.2 Å². The third-order valence-electron chi connectivity index (χ3n) is 3.50. The molecule has 1 amide bonds. The number of amides is 1. The number of carbonyl (C=O) groups excluding carboxylic acids is 1. The smallest absolute Gasteiger partial charge is 0.224 e. The highest BCUT2D eigenvalue weighted by atomic mass is 16.1. The molecule has 0 saturated heterocycles. The van der Waals surface area contributed by atoms with Crippen molar-refractivity contribution in [2.75, 3.05) is 13.1 Å². The molecule has 92 valence electrons. The third-order valence-corrected chi connectivity index (χ3v) is 3.50. The Bertz CT molecular complexity index is 426. The molecular formula is C14H20N2O. The summed E-state index contributed by atoms with van der Waals surface area (Å²) in [6.45, 7) is 6.49. The van der Waals surface area contributed by atoms with Crippen LogP contribution >= 0.6 is 0 Å². The van der Waals surface area contributed by atoms with Gasteiger partial charge >= 0.3 is 0 Å². The Morgan fingerprint density at radius 2 is 2.00 bits per heavy atom. The first-order valence-electron chi connectivity index (χ1n) is 6.08. The Morgan fingerprint density at radius 1 is 1.35 bits per heavy atom. The summed E-state index contributed by atoms with van der Waals surface area (Å²) in [5.74, 6) is -0.226. The van der Waals surface area contributed by atoms with E-state index in [0.29, 0.717) is 0 Å². The number of fused-ring (bicyclic) bond motifs is 1. The second-order valence-electron chi connectivity index (χ2n) is 5.48. The minimum absolute atomic E-state index is 0.226. The second-order valence-corrected chi connectivity index (χ2v) is 5.48. The maximum absolute atomic E-state index is 11.3. The van der Waals surface area contributed by atoms with Crippen molar-refractivity contribution in [2.45, 2.75) is 26.8 Å². The molecule has 1 aromatic carbocycles. The number of primary amides is 1. The Labute approximate surface area is 103 Å². The first kappa shape index (κ1) is 12.1. The molecule has 0 saturated carbocycles. The number of rotatable bonds is 3. The molecule has 1 aliphatic rings. The highest BCUT2D eigenvalue weighted by molar-refractivity contribution is 5.80. The quantitative estimate of drug-likeness (QED) is 0.859. The standard InChI is InChI=1S/C14H20N2O/c1-14(2,13(15)17)10-16-8-7-11-5-3-4-6-12(11)9-16/h3-6H,7-10H2,1-2H3,(H2,15,17). The molecule has 0 unspecified atom stereocenters. The van der Waals surface area contributed by atoms with Crippen molar-refractivity contribution in [1.82, 2.24) is 4.90 Å². The minimum Gasteiger partial charge on any atom is -0.369 e. The Kier molecular flexibility index (Phi) is 3.20. The molecule has 3 nitrogen and oxygen atoms in total. The van der Waals surface area contributed by atoms with Gasteiger partial charge in [-0.2, -0.15) is 0 Å². The van der Waals surface area contributed by atoms with Crippen molar-refractivity contribution in [2.24, 2.45) is 11.1 Å². The van der Waals surface area contributed by atoms with Crippen LogP contribution in [0.5, 0.6) is 0 Å². The van der Waals surface area contributed by atoms with Crippen LogP contribution in [0.3, 0.4) is 0 Å². The number of nitrogens with two attached hydrogens (primary N) is 1. The molecule has 2 N–H and O–H groups in total. The first-order chi connectivity index (χ1) is 7.99. The molecule has 17 heavy (non-hydrogen) atoms. The van der Waals surface area contributed by atoms with Crippen LogP contribution in [0, 0.1) is 5.41 Å². The van der Waals surface area contributed by atoms with Crippen LogP contribution in [0.4, 0.5) is 0 Å². The zero-order chi connectivity index (χ0) is 12.5. The van der Waals surface area contributed by atoms with E-state index in [-0.39, 0.29) is 5.91 Å². The summed E-state index contributed by atoms with van der Waals surface area (Å²) in [4.78, 5) is 13.6. The van der Waals surface area contributed by atoms with Gasteiger partial charge in [-0.15, -0.1) is 0 Å². The lowest BCUT2D eigenvalue weighted by molar-refractivity contribution is -0.127. The fourth-order valence-electron chi connectivity index (χ4n) is 2.33. The molecule has 0 bridgehead atoms. The number of hydrogen-bond donors (Lipinski definition) is 1. The molecule has 0 spiro atoms. The minimum atomic E-state index is -0.452. The van der Waals surface area contributed by atoms with Crippen LogP contribution in [0.1, 0.15) is 25.0 Å². The van der Waals surface area contributed by atoms with Gasteiger partial charge in [0.1, 0.15) is 0 Å². The normalized spacial score (nSPS) is 16.6. The predicted octanol–water partition coefficient (Wildman–Crippen LogP) is 1.56. The van der Waals surface area contributed by atoms with Crippen LogP contribution in [0.15, 0.2) is 24.3 Å². The fraction of sp³-hybridized carbons (Fsp3) is 0.500. The summed E-state index contributed by atoms with van der Waals surface area (Å²) in [6, 6.07) is 8.51. The summed E-state index contributed by atoms with van der Waals surface area (Å²) >= 11 is 0. The topological polar surface area (TPSA) is 46.3 Å². The molecule has 3 heteroatoms. The lowest BCUT2D eigenvalue weighted by Crippen LogP contribution is -2.44. The van der Waals surface area contributed by atoms with Gasteiger partial charge in [0.25, 0.3) is 0 Å². The van der Waals surface area contributed by atoms with E-state index in [9.17, 15) is 4.79 Å². The van der Waals surface area contributed by atoms with Gasteiger partial charge in [0, 0.05) is 19.6 Å². The van der Waals surface area contributed by atoms with Gasteiger partial charge in [-0.25, -0.2) is 0 Å². The Morgan fingerprint density at radius 3 is 2.65 bits per heavy atom. The van der Waals surface area contributed by atoms with E-state index in [0.717, 1.165) is 26.1 Å². The number of nitrogens with zero attached hydrogens (tertiary/aromatic N) is 1. The van der Waals surface area contributed by atoms with Crippen molar-refractivity contribution in [1.29, 1.82) is 0 Å². The van der Waals surface area contributed by atoms with Gasteiger partial charge in [-0.05, 0) is 31.4 Å². The number of benzene rings is 1. The molecule has 0 aromatic heterocycles. The largest absolute Gasteiger partial charge is 0.369 e. The van der Waals surface area contributed by atoms with Gasteiger partial charge in [-0.3, -0.25) is 9.69 Å². The lowest BCUT2D eigenvalue weighted by atomic mass is 9.90. The summed E-state index contributed by atoms with van der Waals surface area (Å²) in [6.07, 6.45) is 1.06. The average molecular weight is 232 g/mol. The number of carbonyl (C=O) groups is 1. The first-order valence-corrected chi connectivity index (χ1v) is 6.08. The van der Waals surface area contributed by atoms with Crippen molar-refractivity contribution in [3.63, 3.8) is 0 Å². The van der Waals surface area contributed by atoms with Gasteiger partial charge in [0.15, 0.2) is 0 Å². The van der Waals surface area contributed by atoms with E-state index >= 15 is 0 Å². The maximum atomic E-state index is 11.3. The van der Waals surface area contributed by atoms with Crippen molar-refractivity contribution < 1.29 is 4.79 Å². The molecule has 2 rings (SSSR count). The summed E-state index contributed by atoms with van der Waals surface area (Å²) in [5, 5.41) is 0. The monoisotopic (exact) mass is 232 g/mol. The van der Waals surface area contributed by atoms with E-state index in [1.54, 1.807) is 0 Å². The van der Waals surface area contributed by atoms with Gasteiger partial charge in [0.2, 0.25) is 5.91 Å². The molecule has 0 atom stereocenters. The Hall–Kier alpha value is -1.35. The van der Waals surface area contributed by atoms with E-state index in [1.165, 1.54) is 11.1 Å². The molecule has 0 aliphatic carbocycles. The zero-order valence-electron chi connectivity index (χ0n) is 10.6. The molecule has 0 fully saturated rings. The summed E-state index contributed by atoms with van der Waals surface area (Å²) in [7, 11) is 0. The van der Waals surface area contributed by atoms with Gasteiger partial charge in [-0.1, -0.05) is 24.3 Å². The van der Waals surface area contributed by atoms with Crippen LogP contribution in [0.2, 0.25) is 0 Å². The van der Waals surface area contributed by atoms with Crippen LogP contribution in [-0.2, 0) is 17.8 Å². The molecular weight excluding hydrogens is 212 g/mol. The van der Waals surface area contributed by atoms with Crippen LogP contribution in [0.25, 0.3) is 0 Å². The maximum Gasteiger partial charge on any atom is 0.224 e. The van der Waals surface area contributed by atoms with Crippen LogP contribution < -0.4 is 5.73 Å². The molecule has 1 aromatic rings.